The molecule has 0 saturated carbocycles. The second-order valence-electron chi connectivity index (χ2n) is 5.58. The van der Waals surface area contributed by atoms with E-state index < -0.39 is 10.0 Å². The summed E-state index contributed by atoms with van der Waals surface area (Å²) in [6.45, 7) is 1.99. The Kier molecular flexibility index (Phi) is 4.69. The average Bonchev–Trinajstić information content (AvgIpc) is 2.99. The Bertz CT molecular complexity index is 995. The maximum atomic E-state index is 13.2. The fourth-order valence-electron chi connectivity index (χ4n) is 2.57. The predicted molar refractivity (Wildman–Crippen MR) is 92.7 cm³/mol. The van der Waals surface area contributed by atoms with Gasteiger partial charge in [-0.3, -0.25) is 0 Å². The first-order chi connectivity index (χ1) is 11.9. The van der Waals surface area contributed by atoms with Crippen LogP contribution in [0.4, 0.5) is 4.39 Å². The molecule has 0 bridgehead atoms. The quantitative estimate of drug-likeness (QED) is 0.751. The van der Waals surface area contributed by atoms with Crippen LogP contribution in [-0.4, -0.2) is 13.4 Å². The van der Waals surface area contributed by atoms with Crippen molar-refractivity contribution in [2.24, 2.45) is 5.14 Å². The van der Waals surface area contributed by atoms with Crippen molar-refractivity contribution in [3.63, 3.8) is 0 Å². The van der Waals surface area contributed by atoms with Gasteiger partial charge in [0.1, 0.15) is 11.5 Å². The highest BCUT2D eigenvalue weighted by Gasteiger charge is 2.22. The number of aryl methyl sites for hydroxylation is 1. The highest BCUT2D eigenvalue weighted by Crippen LogP contribution is 2.36. The zero-order valence-electron chi connectivity index (χ0n) is 13.6. The zero-order valence-corrected chi connectivity index (χ0v) is 14.4. The number of nitrogens with two attached hydrogens (primary N) is 1. The van der Waals surface area contributed by atoms with E-state index in [4.69, 9.17) is 9.56 Å². The molecule has 7 heteroatoms. The van der Waals surface area contributed by atoms with E-state index in [1.807, 2.05) is 6.92 Å². The molecule has 0 unspecified atom stereocenters. The summed E-state index contributed by atoms with van der Waals surface area (Å²) in [6.07, 6.45) is 1.42. The number of aromatic nitrogens is 1. The molecular weight excluding hydrogens is 343 g/mol. The minimum Gasteiger partial charge on any atom is -0.440 e. The largest absolute Gasteiger partial charge is 0.440 e. The number of benzene rings is 2. The highest BCUT2D eigenvalue weighted by molar-refractivity contribution is 7.89. The lowest BCUT2D eigenvalue weighted by molar-refractivity contribution is 0.502. The molecule has 0 aliphatic rings. The Balaban J connectivity index is 2.24. The van der Waals surface area contributed by atoms with Gasteiger partial charge >= 0.3 is 0 Å². The van der Waals surface area contributed by atoms with Crippen molar-refractivity contribution in [2.45, 2.75) is 24.7 Å². The lowest BCUT2D eigenvalue weighted by Crippen LogP contribution is -2.13. The molecule has 0 aliphatic carbocycles. The van der Waals surface area contributed by atoms with E-state index in [9.17, 15) is 12.8 Å². The van der Waals surface area contributed by atoms with E-state index in [1.54, 1.807) is 30.3 Å². The van der Waals surface area contributed by atoms with Gasteiger partial charge in [0, 0.05) is 17.5 Å². The van der Waals surface area contributed by atoms with Gasteiger partial charge in [0.05, 0.1) is 4.90 Å². The predicted octanol–water partition coefficient (Wildman–Crippen LogP) is 3.75. The number of rotatable bonds is 5. The number of halogens is 1. The molecule has 0 fully saturated rings. The van der Waals surface area contributed by atoms with E-state index in [0.717, 1.165) is 6.42 Å². The van der Waals surface area contributed by atoms with Crippen LogP contribution in [0.2, 0.25) is 0 Å². The topological polar surface area (TPSA) is 86.2 Å². The second kappa shape index (κ2) is 6.78. The standard InChI is InChI=1S/C18H17FN2O3S/c1-2-5-16-21-17(12-8-10-13(19)11-9-12)18(24-16)14-6-3-4-7-15(14)25(20,22)23/h3-4,6-11H,2,5H2,1H3,(H2,20,22,23). The maximum Gasteiger partial charge on any atom is 0.238 e. The summed E-state index contributed by atoms with van der Waals surface area (Å²) in [5, 5.41) is 5.33. The minimum atomic E-state index is -3.94. The fourth-order valence-corrected chi connectivity index (χ4v) is 3.31. The lowest BCUT2D eigenvalue weighted by atomic mass is 10.1. The summed E-state index contributed by atoms with van der Waals surface area (Å²) in [7, 11) is -3.94. The number of sulfonamides is 1. The van der Waals surface area contributed by atoms with E-state index in [1.165, 1.54) is 18.2 Å². The molecule has 2 aromatic carbocycles. The Morgan fingerprint density at radius 1 is 1.12 bits per heavy atom. The van der Waals surface area contributed by atoms with Crippen LogP contribution in [-0.2, 0) is 16.4 Å². The number of hydrogen-bond donors (Lipinski definition) is 1. The van der Waals surface area contributed by atoms with E-state index in [2.05, 4.69) is 4.98 Å². The van der Waals surface area contributed by atoms with Crippen LogP contribution in [0.5, 0.6) is 0 Å². The highest BCUT2D eigenvalue weighted by atomic mass is 32.2. The average molecular weight is 360 g/mol. The van der Waals surface area contributed by atoms with Crippen molar-refractivity contribution in [3.05, 3.63) is 60.2 Å². The van der Waals surface area contributed by atoms with Crippen LogP contribution < -0.4 is 5.14 Å². The zero-order chi connectivity index (χ0) is 18.0. The SMILES string of the molecule is CCCc1nc(-c2ccc(F)cc2)c(-c2ccccc2S(N)(=O)=O)o1. The summed E-state index contributed by atoms with van der Waals surface area (Å²) in [6, 6.07) is 12.1. The molecule has 5 nitrogen and oxygen atoms in total. The van der Waals surface area contributed by atoms with Gasteiger partial charge in [-0.05, 0) is 42.8 Å². The van der Waals surface area contributed by atoms with E-state index in [-0.39, 0.29) is 10.7 Å². The van der Waals surface area contributed by atoms with Gasteiger partial charge in [0.2, 0.25) is 10.0 Å². The van der Waals surface area contributed by atoms with Gasteiger partial charge in [-0.2, -0.15) is 0 Å². The minimum absolute atomic E-state index is 0.0439. The normalized spacial score (nSPS) is 11.6. The van der Waals surface area contributed by atoms with Crippen LogP contribution in [0.15, 0.2) is 57.8 Å². The van der Waals surface area contributed by atoms with Crippen molar-refractivity contribution in [1.82, 2.24) is 4.98 Å². The third-order valence-corrected chi connectivity index (χ3v) is 4.66. The third kappa shape index (κ3) is 3.62. The van der Waals surface area contributed by atoms with Gasteiger partial charge in [-0.25, -0.2) is 22.9 Å². The Hall–Kier alpha value is -2.51. The molecule has 0 amide bonds. The van der Waals surface area contributed by atoms with Crippen LogP contribution in [0.3, 0.4) is 0 Å². The van der Waals surface area contributed by atoms with Crippen LogP contribution >= 0.6 is 0 Å². The molecule has 25 heavy (non-hydrogen) atoms. The molecule has 130 valence electrons. The number of nitrogens with zero attached hydrogens (tertiary/aromatic N) is 1. The number of hydrogen-bond acceptors (Lipinski definition) is 4. The van der Waals surface area contributed by atoms with Gasteiger partial charge in [0.15, 0.2) is 11.7 Å². The van der Waals surface area contributed by atoms with E-state index in [0.29, 0.717) is 34.9 Å². The van der Waals surface area contributed by atoms with E-state index >= 15 is 0 Å². The fraction of sp³-hybridized carbons (Fsp3) is 0.167. The van der Waals surface area contributed by atoms with Gasteiger partial charge in [0.25, 0.3) is 0 Å². The molecule has 3 rings (SSSR count). The molecule has 0 aliphatic heterocycles. The van der Waals surface area contributed by atoms with Gasteiger partial charge in [-0.1, -0.05) is 19.1 Å². The Morgan fingerprint density at radius 3 is 2.44 bits per heavy atom. The molecule has 3 aromatic rings. The molecule has 2 N–H and O–H groups in total. The molecule has 0 atom stereocenters. The van der Waals surface area contributed by atoms with Crippen LogP contribution in [0.1, 0.15) is 19.2 Å². The number of primary sulfonamides is 1. The lowest BCUT2D eigenvalue weighted by Gasteiger charge is -2.07. The molecular formula is C18H17FN2O3S. The smallest absolute Gasteiger partial charge is 0.238 e. The Labute approximate surface area is 145 Å². The second-order valence-corrected chi connectivity index (χ2v) is 7.11. The Morgan fingerprint density at radius 2 is 1.80 bits per heavy atom. The molecule has 0 radical (unpaired) electrons. The summed E-state index contributed by atoms with van der Waals surface area (Å²) in [5.41, 5.74) is 1.42. The summed E-state index contributed by atoms with van der Waals surface area (Å²) in [5.74, 6) is 0.424. The molecule has 0 spiro atoms. The van der Waals surface area contributed by atoms with Crippen molar-refractivity contribution in [1.29, 1.82) is 0 Å². The molecule has 1 heterocycles. The van der Waals surface area contributed by atoms with Gasteiger partial charge < -0.3 is 4.42 Å². The molecule has 0 saturated heterocycles. The van der Waals surface area contributed by atoms with Crippen molar-refractivity contribution in [3.8, 4) is 22.6 Å². The first kappa shape index (κ1) is 17.3. The summed E-state index contributed by atoms with van der Waals surface area (Å²) < 4.78 is 42.9. The van der Waals surface area contributed by atoms with Gasteiger partial charge in [-0.15, -0.1) is 0 Å². The first-order valence-corrected chi connectivity index (χ1v) is 9.32. The number of oxazole rings is 1. The maximum absolute atomic E-state index is 13.2. The monoisotopic (exact) mass is 360 g/mol. The van der Waals surface area contributed by atoms with Crippen LogP contribution in [0, 0.1) is 5.82 Å². The molecule has 1 aromatic heterocycles. The van der Waals surface area contributed by atoms with Crippen molar-refractivity contribution in [2.75, 3.05) is 0 Å². The summed E-state index contributed by atoms with van der Waals surface area (Å²) >= 11 is 0. The van der Waals surface area contributed by atoms with Crippen LogP contribution in [0.25, 0.3) is 22.6 Å². The first-order valence-electron chi connectivity index (χ1n) is 7.78. The summed E-state index contributed by atoms with van der Waals surface area (Å²) in [4.78, 5) is 4.43. The van der Waals surface area contributed by atoms with Crippen molar-refractivity contribution < 1.29 is 17.2 Å². The third-order valence-electron chi connectivity index (χ3n) is 3.69. The van der Waals surface area contributed by atoms with Crippen molar-refractivity contribution >= 4 is 10.0 Å².